The molecule has 2 unspecified atom stereocenters. The third kappa shape index (κ3) is 3.55. The first-order chi connectivity index (χ1) is 12.9. The van der Waals surface area contributed by atoms with Gasteiger partial charge in [-0.1, -0.05) is 18.5 Å². The number of H-pyrrole nitrogens is 1. The summed E-state index contributed by atoms with van der Waals surface area (Å²) >= 11 is 6.14. The van der Waals surface area contributed by atoms with Crippen LogP contribution in [0.4, 0.5) is 0 Å². The van der Waals surface area contributed by atoms with Crippen LogP contribution in [0, 0.1) is 5.92 Å². The molecule has 0 amide bonds. The molecule has 0 saturated carbocycles. The first-order valence-electron chi connectivity index (χ1n) is 9.89. The van der Waals surface area contributed by atoms with E-state index in [2.05, 4.69) is 22.0 Å². The molecule has 152 valence electrons. The van der Waals surface area contributed by atoms with E-state index in [4.69, 9.17) is 16.3 Å². The molecule has 1 aromatic rings. The number of piperidine rings is 2. The molecule has 1 aromatic heterocycles. The van der Waals surface area contributed by atoms with Gasteiger partial charge in [-0.3, -0.25) is 5.10 Å². The van der Waals surface area contributed by atoms with Gasteiger partial charge >= 0.3 is 0 Å². The summed E-state index contributed by atoms with van der Waals surface area (Å²) in [6, 6.07) is 0.624. The van der Waals surface area contributed by atoms with Crippen molar-refractivity contribution in [2.75, 3.05) is 20.2 Å². The number of fused-ring (bicyclic) bond motifs is 2. The Kier molecular flexibility index (Phi) is 5.55. The lowest BCUT2D eigenvalue weighted by Crippen LogP contribution is -2.53. The fourth-order valence-electron chi connectivity index (χ4n) is 5.07. The number of rotatable bonds is 5. The Labute approximate surface area is 166 Å². The van der Waals surface area contributed by atoms with Gasteiger partial charge in [-0.15, -0.1) is 0 Å². The number of sulfonamides is 1. The van der Waals surface area contributed by atoms with Gasteiger partial charge in [0.1, 0.15) is 0 Å². The third-order valence-corrected chi connectivity index (χ3v) is 9.00. The molecule has 4 rings (SSSR count). The van der Waals surface area contributed by atoms with E-state index in [1.54, 1.807) is 4.31 Å². The molecule has 3 aliphatic heterocycles. The maximum Gasteiger partial charge on any atom is 0.260 e. The smallest absolute Gasteiger partial charge is 0.260 e. The molecule has 9 heteroatoms. The van der Waals surface area contributed by atoms with E-state index in [1.807, 2.05) is 0 Å². The van der Waals surface area contributed by atoms with Crippen LogP contribution in [0.25, 0.3) is 0 Å². The Bertz CT molecular complexity index is 748. The number of nitrogens with zero attached hydrogens (tertiary/aromatic N) is 3. The minimum absolute atomic E-state index is 0.0607. The zero-order valence-corrected chi connectivity index (χ0v) is 17.5. The van der Waals surface area contributed by atoms with Gasteiger partial charge in [-0.05, 0) is 57.5 Å². The summed E-state index contributed by atoms with van der Waals surface area (Å²) in [5.74, 6) is 0.807. The van der Waals surface area contributed by atoms with Crippen LogP contribution in [0.15, 0.2) is 11.2 Å². The van der Waals surface area contributed by atoms with Crippen molar-refractivity contribution in [1.29, 1.82) is 0 Å². The van der Waals surface area contributed by atoms with Crippen LogP contribution in [0.2, 0.25) is 0 Å². The van der Waals surface area contributed by atoms with Crippen LogP contribution >= 0.6 is 11.6 Å². The molecule has 0 spiro atoms. The van der Waals surface area contributed by atoms with Gasteiger partial charge in [0.2, 0.25) is 0 Å². The lowest BCUT2D eigenvalue weighted by molar-refractivity contribution is 0.0757. The van der Waals surface area contributed by atoms with E-state index in [0.29, 0.717) is 11.6 Å². The highest BCUT2D eigenvalue weighted by Crippen LogP contribution is 2.42. The molecule has 3 saturated heterocycles. The number of alkyl halides is 1. The summed E-state index contributed by atoms with van der Waals surface area (Å²) < 4.78 is 33.6. The number of hydrogen-bond acceptors (Lipinski definition) is 5. The number of aromatic nitrogens is 2. The van der Waals surface area contributed by atoms with Crippen LogP contribution in [0.3, 0.4) is 0 Å². The van der Waals surface area contributed by atoms with E-state index >= 15 is 0 Å². The summed E-state index contributed by atoms with van der Waals surface area (Å²) in [4.78, 5) is 2.59. The lowest BCUT2D eigenvalue weighted by atomic mass is 9.93. The summed E-state index contributed by atoms with van der Waals surface area (Å²) in [6.07, 6.45) is 7.65. The molecule has 1 N–H and O–H groups in total. The molecule has 2 bridgehead atoms. The molecule has 0 aliphatic carbocycles. The number of likely N-dealkylation sites (tertiary alicyclic amines) is 1. The van der Waals surface area contributed by atoms with Crippen LogP contribution in [-0.4, -0.2) is 66.1 Å². The topological polar surface area (TPSA) is 78.5 Å². The van der Waals surface area contributed by atoms with Crippen LogP contribution in [-0.2, 0) is 14.8 Å². The fraction of sp³-hybridized carbons (Fsp3) is 0.833. The standard InChI is InChI=1S/C18H29ClN4O3S/c1-12-5-7-22(8-6-12)15-9-13-3-4-14(10-15)23(13)27(24,25)18-16(11-20-21-18)17(19)26-2/h11-15,17H,3-10H2,1-2H3,(H,20,21)/t13-,14+,15?,17?. The first kappa shape index (κ1) is 19.6. The molecule has 7 nitrogen and oxygen atoms in total. The summed E-state index contributed by atoms with van der Waals surface area (Å²) in [6.45, 7) is 4.61. The Morgan fingerprint density at radius 3 is 2.41 bits per heavy atom. The van der Waals surface area contributed by atoms with Gasteiger partial charge in [-0.2, -0.15) is 9.40 Å². The van der Waals surface area contributed by atoms with Crippen LogP contribution < -0.4 is 0 Å². The van der Waals surface area contributed by atoms with E-state index in [1.165, 1.54) is 26.1 Å². The van der Waals surface area contributed by atoms with Crippen molar-refractivity contribution in [3.05, 3.63) is 11.8 Å². The number of halogens is 1. The summed E-state index contributed by atoms with van der Waals surface area (Å²) in [7, 11) is -2.22. The van der Waals surface area contributed by atoms with Gasteiger partial charge < -0.3 is 9.64 Å². The number of aromatic amines is 1. The SMILES string of the molecule is COC(Cl)c1cn[nH]c1S(=O)(=O)N1[C@@H]2CC[C@H]1CC(N1CCC(C)CC1)C2. The van der Waals surface area contributed by atoms with Crippen LogP contribution in [0.1, 0.15) is 56.6 Å². The lowest BCUT2D eigenvalue weighted by Gasteiger charge is -2.44. The van der Waals surface area contributed by atoms with E-state index in [0.717, 1.165) is 44.7 Å². The maximum absolute atomic E-state index is 13.4. The monoisotopic (exact) mass is 416 g/mol. The molecular weight excluding hydrogens is 388 g/mol. The largest absolute Gasteiger partial charge is 0.361 e. The van der Waals surface area contributed by atoms with E-state index < -0.39 is 15.6 Å². The van der Waals surface area contributed by atoms with Crippen molar-refractivity contribution < 1.29 is 13.2 Å². The Hall–Kier alpha value is -0.670. The Balaban J connectivity index is 1.53. The van der Waals surface area contributed by atoms with Crippen molar-refractivity contribution >= 4 is 21.6 Å². The zero-order chi connectivity index (χ0) is 19.2. The van der Waals surface area contributed by atoms with Gasteiger partial charge in [0.05, 0.1) is 11.8 Å². The van der Waals surface area contributed by atoms with E-state index in [-0.39, 0.29) is 17.1 Å². The highest BCUT2D eigenvalue weighted by atomic mass is 35.5. The molecular formula is C18H29ClN4O3S. The molecule has 3 fully saturated rings. The highest BCUT2D eigenvalue weighted by Gasteiger charge is 2.49. The minimum Gasteiger partial charge on any atom is -0.361 e. The second-order valence-electron chi connectivity index (χ2n) is 8.27. The molecule has 4 heterocycles. The molecule has 3 aliphatic rings. The zero-order valence-electron chi connectivity index (χ0n) is 16.0. The van der Waals surface area contributed by atoms with Crippen molar-refractivity contribution in [3.63, 3.8) is 0 Å². The van der Waals surface area contributed by atoms with Crippen molar-refractivity contribution in [2.24, 2.45) is 5.92 Å². The number of ether oxygens (including phenoxy) is 1. The Morgan fingerprint density at radius 2 is 1.81 bits per heavy atom. The average molecular weight is 417 g/mol. The second-order valence-corrected chi connectivity index (χ2v) is 10.4. The highest BCUT2D eigenvalue weighted by molar-refractivity contribution is 7.89. The minimum atomic E-state index is -3.67. The predicted molar refractivity (Wildman–Crippen MR) is 103 cm³/mol. The van der Waals surface area contributed by atoms with Gasteiger partial charge in [0.25, 0.3) is 10.0 Å². The van der Waals surface area contributed by atoms with Gasteiger partial charge in [-0.25, -0.2) is 8.42 Å². The number of methoxy groups -OCH3 is 1. The average Bonchev–Trinajstić information content (AvgIpc) is 3.26. The summed E-state index contributed by atoms with van der Waals surface area (Å²) in [5, 5.41) is 6.64. The number of nitrogens with one attached hydrogen (secondary N) is 1. The molecule has 4 atom stereocenters. The van der Waals surface area contributed by atoms with Crippen molar-refractivity contribution in [1.82, 2.24) is 19.4 Å². The van der Waals surface area contributed by atoms with E-state index in [9.17, 15) is 8.42 Å². The van der Waals surface area contributed by atoms with Gasteiger partial charge in [0, 0.05) is 25.2 Å². The number of hydrogen-bond donors (Lipinski definition) is 1. The quantitative estimate of drug-likeness (QED) is 0.746. The third-order valence-electron chi connectivity index (χ3n) is 6.59. The molecule has 0 radical (unpaired) electrons. The second kappa shape index (κ2) is 7.63. The first-order valence-corrected chi connectivity index (χ1v) is 11.8. The van der Waals surface area contributed by atoms with Crippen molar-refractivity contribution in [3.8, 4) is 0 Å². The normalized spacial score (nSPS) is 32.0. The van der Waals surface area contributed by atoms with Crippen molar-refractivity contribution in [2.45, 2.75) is 74.2 Å². The fourth-order valence-corrected chi connectivity index (χ4v) is 7.31. The van der Waals surface area contributed by atoms with Gasteiger partial charge in [0.15, 0.2) is 10.6 Å². The maximum atomic E-state index is 13.4. The summed E-state index contributed by atoms with van der Waals surface area (Å²) in [5.41, 5.74) is -0.454. The molecule has 0 aromatic carbocycles. The van der Waals surface area contributed by atoms with Crippen LogP contribution in [0.5, 0.6) is 0 Å². The Morgan fingerprint density at radius 1 is 1.19 bits per heavy atom. The molecule has 27 heavy (non-hydrogen) atoms. The predicted octanol–water partition coefficient (Wildman–Crippen LogP) is 2.71.